The molecule has 0 bridgehead atoms. The van der Waals surface area contributed by atoms with Crippen LogP contribution >= 0.6 is 11.6 Å². The summed E-state index contributed by atoms with van der Waals surface area (Å²) in [6.45, 7) is 2.01. The molecular formula is C25H31ClN2O4. The molecule has 0 radical (unpaired) electrons. The minimum Gasteiger partial charge on any atom is -0.497 e. The number of benzene rings is 2. The van der Waals surface area contributed by atoms with Gasteiger partial charge in [-0.05, 0) is 49.1 Å². The fraction of sp³-hybridized carbons (Fsp3) is 0.440. The van der Waals surface area contributed by atoms with Crippen molar-refractivity contribution >= 4 is 23.4 Å². The molecule has 7 heteroatoms. The summed E-state index contributed by atoms with van der Waals surface area (Å²) in [5.41, 5.74) is 0.906. The van der Waals surface area contributed by atoms with Crippen LogP contribution in [0.15, 0.2) is 48.5 Å². The van der Waals surface area contributed by atoms with Gasteiger partial charge in [-0.15, -0.1) is 0 Å². The quantitative estimate of drug-likeness (QED) is 0.565. The van der Waals surface area contributed by atoms with E-state index >= 15 is 0 Å². The van der Waals surface area contributed by atoms with Gasteiger partial charge in [0.2, 0.25) is 5.91 Å². The minimum atomic E-state index is -0.583. The molecule has 0 aromatic heterocycles. The Morgan fingerprint density at radius 3 is 2.44 bits per heavy atom. The van der Waals surface area contributed by atoms with Gasteiger partial charge in [0.05, 0.1) is 12.1 Å². The first kappa shape index (κ1) is 23.9. The van der Waals surface area contributed by atoms with E-state index in [4.69, 9.17) is 21.1 Å². The first-order valence-electron chi connectivity index (χ1n) is 11.1. The van der Waals surface area contributed by atoms with E-state index < -0.39 is 6.04 Å². The molecule has 0 heterocycles. The van der Waals surface area contributed by atoms with E-state index in [0.717, 1.165) is 37.0 Å². The predicted octanol–water partition coefficient (Wildman–Crippen LogP) is 4.59. The lowest BCUT2D eigenvalue weighted by Gasteiger charge is -2.31. The van der Waals surface area contributed by atoms with Crippen LogP contribution in [0.4, 0.5) is 0 Å². The van der Waals surface area contributed by atoms with Crippen molar-refractivity contribution in [1.29, 1.82) is 0 Å². The molecule has 0 spiro atoms. The van der Waals surface area contributed by atoms with E-state index in [9.17, 15) is 9.59 Å². The van der Waals surface area contributed by atoms with Gasteiger partial charge in [-0.2, -0.15) is 0 Å². The van der Waals surface area contributed by atoms with E-state index in [1.54, 1.807) is 36.3 Å². The molecule has 1 aliphatic rings. The molecule has 1 N–H and O–H groups in total. The zero-order valence-electron chi connectivity index (χ0n) is 18.7. The number of ether oxygens (including phenoxy) is 2. The highest BCUT2D eigenvalue weighted by atomic mass is 35.5. The number of halogens is 1. The lowest BCUT2D eigenvalue weighted by molar-refractivity contribution is -0.143. The van der Waals surface area contributed by atoms with Crippen LogP contribution in [0.2, 0.25) is 5.02 Å². The highest BCUT2D eigenvalue weighted by Gasteiger charge is 2.31. The monoisotopic (exact) mass is 458 g/mol. The molecule has 0 unspecified atom stereocenters. The summed E-state index contributed by atoms with van der Waals surface area (Å²) in [6, 6.07) is 14.1. The number of nitrogens with zero attached hydrogens (tertiary/aromatic N) is 1. The Morgan fingerprint density at radius 2 is 1.81 bits per heavy atom. The van der Waals surface area contributed by atoms with Gasteiger partial charge >= 0.3 is 0 Å². The Morgan fingerprint density at radius 1 is 1.12 bits per heavy atom. The van der Waals surface area contributed by atoms with Crippen LogP contribution in [0.1, 0.15) is 44.6 Å². The summed E-state index contributed by atoms with van der Waals surface area (Å²) >= 11 is 6.16. The van der Waals surface area contributed by atoms with E-state index in [1.165, 1.54) is 0 Å². The van der Waals surface area contributed by atoms with Crippen molar-refractivity contribution < 1.29 is 19.1 Å². The molecule has 1 fully saturated rings. The molecule has 32 heavy (non-hydrogen) atoms. The Balaban J connectivity index is 1.76. The average molecular weight is 459 g/mol. The highest BCUT2D eigenvalue weighted by molar-refractivity contribution is 6.32. The molecule has 2 aromatic carbocycles. The van der Waals surface area contributed by atoms with E-state index in [2.05, 4.69) is 5.32 Å². The van der Waals surface area contributed by atoms with Gasteiger partial charge in [-0.3, -0.25) is 9.59 Å². The molecular weight excluding hydrogens is 428 g/mol. The molecule has 2 amide bonds. The van der Waals surface area contributed by atoms with Crippen LogP contribution in [0.5, 0.6) is 11.5 Å². The summed E-state index contributed by atoms with van der Waals surface area (Å²) in [5.74, 6) is 0.795. The maximum absolute atomic E-state index is 13.3. The third kappa shape index (κ3) is 6.39. The van der Waals surface area contributed by atoms with Crippen molar-refractivity contribution in [3.8, 4) is 11.5 Å². The lowest BCUT2D eigenvalue weighted by atomic mass is 10.1. The molecule has 0 saturated heterocycles. The van der Waals surface area contributed by atoms with Gasteiger partial charge in [0.1, 0.15) is 17.5 Å². The van der Waals surface area contributed by atoms with E-state index in [1.807, 2.05) is 31.2 Å². The molecule has 1 aliphatic carbocycles. The van der Waals surface area contributed by atoms with Crippen LogP contribution in [0.3, 0.4) is 0 Å². The Hall–Kier alpha value is -2.73. The van der Waals surface area contributed by atoms with Gasteiger partial charge in [-0.1, -0.05) is 55.6 Å². The first-order valence-corrected chi connectivity index (χ1v) is 11.5. The van der Waals surface area contributed by atoms with Gasteiger partial charge in [-0.25, -0.2) is 0 Å². The van der Waals surface area contributed by atoms with Gasteiger partial charge in [0, 0.05) is 12.6 Å². The van der Waals surface area contributed by atoms with Gasteiger partial charge in [0.25, 0.3) is 5.91 Å². The SMILES string of the molecule is CC[C@H](C(=O)NC1CCCC1)N(Cc1ccc(OC)cc1)C(=O)COc1ccccc1Cl. The minimum absolute atomic E-state index is 0.112. The second kappa shape index (κ2) is 11.8. The molecule has 172 valence electrons. The van der Waals surface area contributed by atoms with E-state index in [-0.39, 0.29) is 24.5 Å². The molecule has 6 nitrogen and oxygen atoms in total. The molecule has 0 aliphatic heterocycles. The zero-order valence-corrected chi connectivity index (χ0v) is 19.4. The smallest absolute Gasteiger partial charge is 0.261 e. The van der Waals surface area contributed by atoms with Gasteiger partial charge in [0.15, 0.2) is 6.61 Å². The van der Waals surface area contributed by atoms with Crippen LogP contribution in [-0.2, 0) is 16.1 Å². The van der Waals surface area contributed by atoms with Crippen molar-refractivity contribution in [2.45, 2.75) is 57.7 Å². The molecule has 3 rings (SSSR count). The van der Waals surface area contributed by atoms with Crippen molar-refractivity contribution in [2.24, 2.45) is 0 Å². The number of hydrogen-bond donors (Lipinski definition) is 1. The highest BCUT2D eigenvalue weighted by Crippen LogP contribution is 2.24. The number of rotatable bonds is 10. The average Bonchev–Trinajstić information content (AvgIpc) is 3.31. The number of amides is 2. The third-order valence-corrected chi connectivity index (χ3v) is 6.10. The second-order valence-corrected chi connectivity index (χ2v) is 8.41. The lowest BCUT2D eigenvalue weighted by Crippen LogP contribution is -2.52. The number of methoxy groups -OCH3 is 1. The van der Waals surface area contributed by atoms with Gasteiger partial charge < -0.3 is 19.7 Å². The molecule has 2 aromatic rings. The van der Waals surface area contributed by atoms with Crippen molar-refractivity contribution in [2.75, 3.05) is 13.7 Å². The standard InChI is InChI=1S/C25H31ClN2O4/c1-3-22(25(30)27-19-8-4-5-9-19)28(16-18-12-14-20(31-2)15-13-18)24(29)17-32-23-11-7-6-10-21(23)26/h6-7,10-15,19,22H,3-5,8-9,16-17H2,1-2H3,(H,27,30)/t22-/m1/s1. The normalized spacial score (nSPS) is 14.6. The molecule has 1 atom stereocenters. The van der Waals surface area contributed by atoms with Crippen molar-refractivity contribution in [3.63, 3.8) is 0 Å². The summed E-state index contributed by atoms with van der Waals surface area (Å²) in [4.78, 5) is 28.0. The topological polar surface area (TPSA) is 67.9 Å². The number of hydrogen-bond acceptors (Lipinski definition) is 4. The first-order chi connectivity index (χ1) is 15.5. The van der Waals surface area contributed by atoms with Crippen molar-refractivity contribution in [3.05, 3.63) is 59.1 Å². The molecule has 1 saturated carbocycles. The van der Waals surface area contributed by atoms with E-state index in [0.29, 0.717) is 23.7 Å². The summed E-state index contributed by atoms with van der Waals surface area (Å²) in [5, 5.41) is 3.58. The summed E-state index contributed by atoms with van der Waals surface area (Å²) < 4.78 is 10.9. The Kier molecular flexibility index (Phi) is 8.80. The Bertz CT molecular complexity index is 897. The summed E-state index contributed by atoms with van der Waals surface area (Å²) in [7, 11) is 1.61. The maximum Gasteiger partial charge on any atom is 0.261 e. The number of carbonyl (C=O) groups excluding carboxylic acids is 2. The fourth-order valence-electron chi connectivity index (χ4n) is 4.00. The fourth-order valence-corrected chi connectivity index (χ4v) is 4.19. The number of carbonyl (C=O) groups is 2. The summed E-state index contributed by atoms with van der Waals surface area (Å²) in [6.07, 6.45) is 4.74. The third-order valence-electron chi connectivity index (χ3n) is 5.79. The van der Waals surface area contributed by atoms with Crippen LogP contribution in [-0.4, -0.2) is 42.5 Å². The van der Waals surface area contributed by atoms with Crippen LogP contribution in [0, 0.1) is 0 Å². The van der Waals surface area contributed by atoms with Crippen LogP contribution < -0.4 is 14.8 Å². The number of para-hydroxylation sites is 1. The van der Waals surface area contributed by atoms with Crippen molar-refractivity contribution in [1.82, 2.24) is 10.2 Å². The van der Waals surface area contributed by atoms with Crippen LogP contribution in [0.25, 0.3) is 0 Å². The largest absolute Gasteiger partial charge is 0.497 e. The Labute approximate surface area is 194 Å². The number of nitrogens with one attached hydrogen (secondary N) is 1. The maximum atomic E-state index is 13.3. The zero-order chi connectivity index (χ0) is 22.9. The predicted molar refractivity (Wildman–Crippen MR) is 125 cm³/mol. The second-order valence-electron chi connectivity index (χ2n) is 8.00.